The van der Waals surface area contributed by atoms with Gasteiger partial charge in [-0.1, -0.05) is 12.1 Å². The van der Waals surface area contributed by atoms with Crippen LogP contribution in [0.2, 0.25) is 0 Å². The summed E-state index contributed by atoms with van der Waals surface area (Å²) >= 11 is 0. The van der Waals surface area contributed by atoms with Crippen LogP contribution in [-0.4, -0.2) is 34.3 Å². The summed E-state index contributed by atoms with van der Waals surface area (Å²) in [5.74, 6) is 0.624. The second kappa shape index (κ2) is 5.71. The Bertz CT molecular complexity index is 493. The van der Waals surface area contributed by atoms with Crippen molar-refractivity contribution >= 4 is 15.5 Å². The zero-order chi connectivity index (χ0) is 13.0. The normalized spacial score (nSPS) is 17.6. The van der Waals surface area contributed by atoms with Gasteiger partial charge in [0.25, 0.3) is 0 Å². The number of piperidine rings is 1. The molecule has 18 heavy (non-hydrogen) atoms. The van der Waals surface area contributed by atoms with Crippen LogP contribution in [0.15, 0.2) is 29.2 Å². The molecule has 1 aromatic rings. The highest BCUT2D eigenvalue weighted by Gasteiger charge is 2.15. The molecule has 0 amide bonds. The molecule has 1 aromatic carbocycles. The molecule has 0 aliphatic carbocycles. The van der Waals surface area contributed by atoms with Crippen molar-refractivity contribution < 1.29 is 8.42 Å². The first-order valence-corrected chi connectivity index (χ1v) is 8.20. The van der Waals surface area contributed by atoms with E-state index < -0.39 is 9.84 Å². The quantitative estimate of drug-likeness (QED) is 0.869. The Balaban J connectivity index is 2.05. The van der Waals surface area contributed by atoms with E-state index in [0.717, 1.165) is 38.2 Å². The first-order valence-electron chi connectivity index (χ1n) is 6.31. The summed E-state index contributed by atoms with van der Waals surface area (Å²) in [6.07, 6.45) is 3.54. The average molecular weight is 268 g/mol. The smallest absolute Gasteiger partial charge is 0.177 e. The summed E-state index contributed by atoms with van der Waals surface area (Å²) in [5.41, 5.74) is 0.721. The van der Waals surface area contributed by atoms with Crippen molar-refractivity contribution in [2.45, 2.75) is 17.7 Å². The van der Waals surface area contributed by atoms with E-state index in [2.05, 4.69) is 10.6 Å². The van der Waals surface area contributed by atoms with Gasteiger partial charge >= 0.3 is 0 Å². The largest absolute Gasteiger partial charge is 0.384 e. The molecule has 5 heteroatoms. The van der Waals surface area contributed by atoms with Gasteiger partial charge in [0.2, 0.25) is 0 Å². The van der Waals surface area contributed by atoms with Gasteiger partial charge in [0, 0.05) is 12.8 Å². The standard InChI is InChI=1S/C13H20N2O2S/c1-18(16,17)13-5-3-2-4-12(13)15-10-11-6-8-14-9-7-11/h2-5,11,14-15H,6-10H2,1H3. The first kappa shape index (κ1) is 13.4. The molecule has 0 spiro atoms. The fourth-order valence-corrected chi connectivity index (χ4v) is 3.14. The third-order valence-electron chi connectivity index (χ3n) is 3.33. The summed E-state index contributed by atoms with van der Waals surface area (Å²) in [5, 5.41) is 6.61. The lowest BCUT2D eigenvalue weighted by molar-refractivity contribution is 0.389. The summed E-state index contributed by atoms with van der Waals surface area (Å²) in [6, 6.07) is 7.10. The number of anilines is 1. The number of benzene rings is 1. The van der Waals surface area contributed by atoms with Crippen LogP contribution in [0.3, 0.4) is 0 Å². The second-order valence-electron chi connectivity index (χ2n) is 4.84. The molecule has 2 rings (SSSR count). The van der Waals surface area contributed by atoms with Gasteiger partial charge < -0.3 is 10.6 Å². The van der Waals surface area contributed by atoms with Crippen molar-refractivity contribution in [3.63, 3.8) is 0 Å². The van der Waals surface area contributed by atoms with Crippen LogP contribution in [-0.2, 0) is 9.84 Å². The van der Waals surface area contributed by atoms with Crippen molar-refractivity contribution in [1.29, 1.82) is 0 Å². The highest BCUT2D eigenvalue weighted by atomic mass is 32.2. The van der Waals surface area contributed by atoms with Gasteiger partial charge in [-0.3, -0.25) is 0 Å². The van der Waals surface area contributed by atoms with Gasteiger partial charge in [0.15, 0.2) is 9.84 Å². The molecule has 1 saturated heterocycles. The Hall–Kier alpha value is -1.07. The molecular formula is C13H20N2O2S. The molecule has 0 unspecified atom stereocenters. The van der Waals surface area contributed by atoms with Crippen LogP contribution in [0.5, 0.6) is 0 Å². The maximum Gasteiger partial charge on any atom is 0.177 e. The van der Waals surface area contributed by atoms with Crippen LogP contribution in [0.1, 0.15) is 12.8 Å². The molecule has 1 fully saturated rings. The lowest BCUT2D eigenvalue weighted by Gasteiger charge is -2.23. The summed E-state index contributed by atoms with van der Waals surface area (Å²) in [7, 11) is -3.16. The van der Waals surface area contributed by atoms with Gasteiger partial charge in [-0.25, -0.2) is 8.42 Å². The fraction of sp³-hybridized carbons (Fsp3) is 0.538. The van der Waals surface area contributed by atoms with Crippen molar-refractivity contribution in [3.05, 3.63) is 24.3 Å². The summed E-state index contributed by atoms with van der Waals surface area (Å²) in [6.45, 7) is 2.95. The van der Waals surface area contributed by atoms with Gasteiger partial charge in [-0.05, 0) is 44.0 Å². The number of rotatable bonds is 4. The molecule has 0 aromatic heterocycles. The maximum atomic E-state index is 11.7. The van der Waals surface area contributed by atoms with Gasteiger partial charge in [-0.15, -0.1) is 0 Å². The third kappa shape index (κ3) is 3.46. The Morgan fingerprint density at radius 2 is 1.94 bits per heavy atom. The number of hydrogen-bond acceptors (Lipinski definition) is 4. The number of nitrogens with one attached hydrogen (secondary N) is 2. The van der Waals surface area contributed by atoms with E-state index in [1.54, 1.807) is 12.1 Å². The number of para-hydroxylation sites is 1. The Kier molecular flexibility index (Phi) is 4.24. The zero-order valence-electron chi connectivity index (χ0n) is 10.6. The van der Waals surface area contributed by atoms with E-state index in [9.17, 15) is 8.42 Å². The van der Waals surface area contributed by atoms with Gasteiger partial charge in [0.05, 0.1) is 10.6 Å². The third-order valence-corrected chi connectivity index (χ3v) is 4.48. The molecule has 2 N–H and O–H groups in total. The average Bonchev–Trinajstić information content (AvgIpc) is 2.37. The molecule has 1 aliphatic rings. The highest BCUT2D eigenvalue weighted by Crippen LogP contribution is 2.22. The minimum absolute atomic E-state index is 0.388. The van der Waals surface area contributed by atoms with Crippen LogP contribution >= 0.6 is 0 Å². The van der Waals surface area contributed by atoms with Crippen molar-refractivity contribution in [2.75, 3.05) is 31.2 Å². The minimum Gasteiger partial charge on any atom is -0.384 e. The van der Waals surface area contributed by atoms with Crippen LogP contribution < -0.4 is 10.6 Å². The van der Waals surface area contributed by atoms with E-state index in [0.29, 0.717) is 10.8 Å². The van der Waals surface area contributed by atoms with Crippen molar-refractivity contribution in [2.24, 2.45) is 5.92 Å². The van der Waals surface area contributed by atoms with Crippen LogP contribution in [0.4, 0.5) is 5.69 Å². The Morgan fingerprint density at radius 3 is 2.61 bits per heavy atom. The summed E-state index contributed by atoms with van der Waals surface area (Å²) in [4.78, 5) is 0.388. The fourth-order valence-electron chi connectivity index (χ4n) is 2.28. The molecule has 0 bridgehead atoms. The van der Waals surface area contributed by atoms with Crippen molar-refractivity contribution in [3.8, 4) is 0 Å². The Labute approximate surface area is 109 Å². The predicted octanol–water partition coefficient (Wildman–Crippen LogP) is 1.50. The van der Waals surface area contributed by atoms with E-state index in [-0.39, 0.29) is 0 Å². The minimum atomic E-state index is -3.16. The molecule has 0 saturated carbocycles. The lowest BCUT2D eigenvalue weighted by atomic mass is 9.98. The molecule has 1 aliphatic heterocycles. The van der Waals surface area contributed by atoms with Gasteiger partial charge in [0.1, 0.15) is 0 Å². The topological polar surface area (TPSA) is 58.2 Å². The van der Waals surface area contributed by atoms with Gasteiger partial charge in [-0.2, -0.15) is 0 Å². The molecule has 100 valence electrons. The molecular weight excluding hydrogens is 248 g/mol. The summed E-state index contributed by atoms with van der Waals surface area (Å²) < 4.78 is 23.3. The first-order chi connectivity index (χ1) is 8.57. The predicted molar refractivity (Wildman–Crippen MR) is 73.6 cm³/mol. The van der Waals surface area contributed by atoms with Crippen molar-refractivity contribution in [1.82, 2.24) is 5.32 Å². The number of hydrogen-bond donors (Lipinski definition) is 2. The molecule has 1 heterocycles. The molecule has 0 atom stereocenters. The Morgan fingerprint density at radius 1 is 1.28 bits per heavy atom. The van der Waals surface area contributed by atoms with Crippen LogP contribution in [0.25, 0.3) is 0 Å². The monoisotopic (exact) mass is 268 g/mol. The second-order valence-corrected chi connectivity index (χ2v) is 6.83. The molecule has 4 nitrogen and oxygen atoms in total. The SMILES string of the molecule is CS(=O)(=O)c1ccccc1NCC1CCNCC1. The maximum absolute atomic E-state index is 11.7. The van der Waals surface area contributed by atoms with E-state index in [1.165, 1.54) is 6.26 Å². The van der Waals surface area contributed by atoms with E-state index in [1.807, 2.05) is 12.1 Å². The lowest BCUT2D eigenvalue weighted by Crippen LogP contribution is -2.31. The molecule has 0 radical (unpaired) electrons. The van der Waals surface area contributed by atoms with E-state index >= 15 is 0 Å². The van der Waals surface area contributed by atoms with Crippen LogP contribution in [0, 0.1) is 5.92 Å². The highest BCUT2D eigenvalue weighted by molar-refractivity contribution is 7.90. The zero-order valence-corrected chi connectivity index (χ0v) is 11.5. The van der Waals surface area contributed by atoms with E-state index in [4.69, 9.17) is 0 Å². The number of sulfone groups is 1.